The molecule has 0 aliphatic heterocycles. The average Bonchev–Trinajstić information content (AvgIpc) is 2.41. The molecule has 0 aromatic carbocycles. The second-order valence-corrected chi connectivity index (χ2v) is 4.27. The molecule has 0 atom stereocenters. The molecule has 0 radical (unpaired) electrons. The first-order valence-corrected chi connectivity index (χ1v) is 4.51. The molecule has 2 nitrogen and oxygen atoms in total. The summed E-state index contributed by atoms with van der Waals surface area (Å²) in [5.74, 6) is -1.63. The molecular weight excluding hydrogens is 231 g/mol. The van der Waals surface area contributed by atoms with Gasteiger partial charge in [-0.2, -0.15) is 5.10 Å². The van der Waals surface area contributed by atoms with Gasteiger partial charge in [-0.1, -0.05) is 0 Å². The second-order valence-electron chi connectivity index (χ2n) is 4.27. The Bertz CT molecular complexity index is 378. The van der Waals surface area contributed by atoms with Gasteiger partial charge in [0.15, 0.2) is 11.5 Å². The lowest BCUT2D eigenvalue weighted by molar-refractivity contribution is 0.125. The number of halogens is 5. The van der Waals surface area contributed by atoms with E-state index >= 15 is 0 Å². The van der Waals surface area contributed by atoms with Crippen LogP contribution in [0.25, 0.3) is 0 Å². The number of aromatic nitrogens is 2. The van der Waals surface area contributed by atoms with Gasteiger partial charge in [0.1, 0.15) is 5.69 Å². The quantitative estimate of drug-likeness (QED) is 0.724. The Labute approximate surface area is 89.1 Å². The van der Waals surface area contributed by atoms with Crippen LogP contribution >= 0.6 is 0 Å². The van der Waals surface area contributed by atoms with Crippen molar-refractivity contribution in [1.82, 2.24) is 9.78 Å². The van der Waals surface area contributed by atoms with Gasteiger partial charge in [0, 0.05) is 0 Å². The topological polar surface area (TPSA) is 17.8 Å². The molecule has 0 N–H and O–H groups in total. The molecule has 1 aromatic heterocycles. The molecule has 1 aromatic rings. The van der Waals surface area contributed by atoms with Crippen LogP contribution in [0.4, 0.5) is 22.0 Å². The summed E-state index contributed by atoms with van der Waals surface area (Å²) in [5, 5.41) is 3.21. The van der Waals surface area contributed by atoms with E-state index in [-0.39, 0.29) is 0 Å². The van der Waals surface area contributed by atoms with Gasteiger partial charge < -0.3 is 0 Å². The molecule has 0 amide bonds. The van der Waals surface area contributed by atoms with Crippen LogP contribution < -0.4 is 0 Å². The van der Waals surface area contributed by atoms with E-state index in [9.17, 15) is 22.0 Å². The summed E-state index contributed by atoms with van der Waals surface area (Å²) in [6.45, 7) is 4.42. The highest BCUT2D eigenvalue weighted by atomic mass is 19.3. The molecule has 0 spiro atoms. The zero-order chi connectivity index (χ0) is 12.7. The Kier molecular flexibility index (Phi) is 3.25. The van der Waals surface area contributed by atoms with Crippen LogP contribution in [0, 0.1) is 5.82 Å². The fourth-order valence-corrected chi connectivity index (χ4v) is 1.27. The van der Waals surface area contributed by atoms with E-state index in [1.54, 1.807) is 0 Å². The summed E-state index contributed by atoms with van der Waals surface area (Å²) in [4.78, 5) is 0. The van der Waals surface area contributed by atoms with Gasteiger partial charge >= 0.3 is 0 Å². The molecule has 92 valence electrons. The van der Waals surface area contributed by atoms with Crippen LogP contribution in [0.3, 0.4) is 0 Å². The van der Waals surface area contributed by atoms with Crippen LogP contribution in [-0.4, -0.2) is 9.78 Å². The van der Waals surface area contributed by atoms with E-state index in [4.69, 9.17) is 0 Å². The van der Waals surface area contributed by atoms with Crippen molar-refractivity contribution in [3.8, 4) is 0 Å². The SMILES string of the molecule is CC(C)(C)n1nc(C(F)F)c(F)c1C(F)F. The van der Waals surface area contributed by atoms with E-state index in [0.717, 1.165) is 0 Å². The first-order chi connectivity index (χ1) is 7.16. The van der Waals surface area contributed by atoms with Gasteiger partial charge in [-0.15, -0.1) is 0 Å². The van der Waals surface area contributed by atoms with Gasteiger partial charge in [-0.05, 0) is 20.8 Å². The summed E-state index contributed by atoms with van der Waals surface area (Å²) in [5.41, 5.74) is -3.31. The summed E-state index contributed by atoms with van der Waals surface area (Å²) >= 11 is 0. The van der Waals surface area contributed by atoms with Crippen molar-refractivity contribution in [3.05, 3.63) is 17.2 Å². The van der Waals surface area contributed by atoms with E-state index in [2.05, 4.69) is 5.10 Å². The average molecular weight is 242 g/mol. The highest BCUT2D eigenvalue weighted by Gasteiger charge is 2.33. The number of rotatable bonds is 2. The van der Waals surface area contributed by atoms with Crippen molar-refractivity contribution in [2.75, 3.05) is 0 Å². The number of nitrogens with zero attached hydrogens (tertiary/aromatic N) is 2. The van der Waals surface area contributed by atoms with Crippen molar-refractivity contribution in [2.24, 2.45) is 0 Å². The fourth-order valence-electron chi connectivity index (χ4n) is 1.27. The highest BCUT2D eigenvalue weighted by Crippen LogP contribution is 2.32. The molecule has 0 saturated heterocycles. The van der Waals surface area contributed by atoms with Crippen LogP contribution in [0.1, 0.15) is 45.0 Å². The third-order valence-electron chi connectivity index (χ3n) is 1.93. The van der Waals surface area contributed by atoms with Gasteiger partial charge in [-0.25, -0.2) is 22.0 Å². The minimum atomic E-state index is -3.21. The molecule has 16 heavy (non-hydrogen) atoms. The molecule has 0 saturated carbocycles. The molecular formula is C9H11F5N2. The molecule has 0 unspecified atom stereocenters. The van der Waals surface area contributed by atoms with Gasteiger partial charge in [0.2, 0.25) is 0 Å². The smallest absolute Gasteiger partial charge is 0.255 e. The standard InChI is InChI=1S/C9H11F5N2/c1-9(2,3)16-6(8(13)14)4(10)5(15-16)7(11)12/h7-8H,1-3H3. The lowest BCUT2D eigenvalue weighted by Gasteiger charge is -2.21. The predicted molar refractivity (Wildman–Crippen MR) is 47.1 cm³/mol. The third kappa shape index (κ3) is 2.17. The van der Waals surface area contributed by atoms with E-state index in [1.807, 2.05) is 0 Å². The number of alkyl halides is 4. The van der Waals surface area contributed by atoms with Crippen LogP contribution in [0.2, 0.25) is 0 Å². The highest BCUT2D eigenvalue weighted by molar-refractivity contribution is 5.17. The molecule has 7 heteroatoms. The number of hydrogen-bond donors (Lipinski definition) is 0. The summed E-state index contributed by atoms with van der Waals surface area (Å²) in [7, 11) is 0. The lowest BCUT2D eigenvalue weighted by Crippen LogP contribution is -2.25. The van der Waals surface area contributed by atoms with Crippen molar-refractivity contribution in [1.29, 1.82) is 0 Å². The van der Waals surface area contributed by atoms with Gasteiger partial charge in [0.25, 0.3) is 12.9 Å². The lowest BCUT2D eigenvalue weighted by atomic mass is 10.1. The Hall–Kier alpha value is -1.14. The molecule has 0 aliphatic rings. The van der Waals surface area contributed by atoms with E-state index < -0.39 is 35.6 Å². The maximum absolute atomic E-state index is 13.3. The summed E-state index contributed by atoms with van der Waals surface area (Å²) in [6, 6.07) is 0. The Balaban J connectivity index is 3.44. The van der Waals surface area contributed by atoms with E-state index in [0.29, 0.717) is 4.68 Å². The predicted octanol–water partition coefficient (Wildman–Crippen LogP) is 3.65. The minimum absolute atomic E-state index is 0.606. The minimum Gasteiger partial charge on any atom is -0.255 e. The fraction of sp³-hybridized carbons (Fsp3) is 0.667. The van der Waals surface area contributed by atoms with Gasteiger partial charge in [0.05, 0.1) is 5.54 Å². The molecule has 1 heterocycles. The monoisotopic (exact) mass is 242 g/mol. The second kappa shape index (κ2) is 4.03. The third-order valence-corrected chi connectivity index (χ3v) is 1.93. The summed E-state index contributed by atoms with van der Waals surface area (Å²) in [6.07, 6.45) is -6.39. The van der Waals surface area contributed by atoms with Crippen LogP contribution in [-0.2, 0) is 5.54 Å². The zero-order valence-electron chi connectivity index (χ0n) is 8.94. The van der Waals surface area contributed by atoms with E-state index in [1.165, 1.54) is 20.8 Å². The Morgan fingerprint density at radius 2 is 1.56 bits per heavy atom. The Morgan fingerprint density at radius 1 is 1.06 bits per heavy atom. The van der Waals surface area contributed by atoms with Crippen molar-refractivity contribution >= 4 is 0 Å². The van der Waals surface area contributed by atoms with Gasteiger partial charge in [-0.3, -0.25) is 4.68 Å². The van der Waals surface area contributed by atoms with Crippen LogP contribution in [0.5, 0.6) is 0 Å². The summed E-state index contributed by atoms with van der Waals surface area (Å²) < 4.78 is 63.6. The maximum atomic E-state index is 13.3. The van der Waals surface area contributed by atoms with Crippen molar-refractivity contribution in [2.45, 2.75) is 39.2 Å². The molecule has 0 fully saturated rings. The Morgan fingerprint density at radius 3 is 1.81 bits per heavy atom. The first-order valence-electron chi connectivity index (χ1n) is 4.51. The molecule has 1 rings (SSSR count). The maximum Gasteiger partial charge on any atom is 0.285 e. The van der Waals surface area contributed by atoms with Crippen molar-refractivity contribution < 1.29 is 22.0 Å². The number of hydrogen-bond acceptors (Lipinski definition) is 1. The molecule has 0 bridgehead atoms. The molecule has 0 aliphatic carbocycles. The van der Waals surface area contributed by atoms with Crippen LogP contribution in [0.15, 0.2) is 0 Å². The normalized spacial score (nSPS) is 12.9. The largest absolute Gasteiger partial charge is 0.285 e. The first kappa shape index (κ1) is 12.9. The van der Waals surface area contributed by atoms with Crippen molar-refractivity contribution in [3.63, 3.8) is 0 Å². The zero-order valence-corrected chi connectivity index (χ0v) is 8.94.